The zero-order chi connectivity index (χ0) is 24.2. The van der Waals surface area contributed by atoms with Crippen molar-refractivity contribution in [2.45, 2.75) is 58.1 Å². The summed E-state index contributed by atoms with van der Waals surface area (Å²) in [7, 11) is 0. The van der Waals surface area contributed by atoms with Crippen molar-refractivity contribution in [2.75, 3.05) is 25.0 Å². The monoisotopic (exact) mass is 458 g/mol. The molecule has 178 valence electrons. The van der Waals surface area contributed by atoms with Gasteiger partial charge in [-0.1, -0.05) is 6.07 Å². The Morgan fingerprint density at radius 2 is 1.85 bits per heavy atom. The zero-order valence-corrected chi connectivity index (χ0v) is 19.2. The number of hydrogen-bond acceptors (Lipinski definition) is 7. The third-order valence-electron chi connectivity index (χ3n) is 5.35. The van der Waals surface area contributed by atoms with Crippen LogP contribution >= 0.6 is 0 Å². The molecule has 2 heterocycles. The number of nitrogens with zero attached hydrogens (tertiary/aromatic N) is 1. The Balaban J connectivity index is 1.51. The highest BCUT2D eigenvalue weighted by atomic mass is 16.5. The van der Waals surface area contributed by atoms with Crippen molar-refractivity contribution < 1.29 is 28.7 Å². The van der Waals surface area contributed by atoms with Crippen molar-refractivity contribution in [3.63, 3.8) is 0 Å². The maximum atomic E-state index is 13.0. The Hall–Kier alpha value is -3.27. The van der Waals surface area contributed by atoms with Crippen LogP contribution in [-0.4, -0.2) is 65.8 Å². The molecule has 3 N–H and O–H groups in total. The van der Waals surface area contributed by atoms with Crippen molar-refractivity contribution >= 4 is 35.2 Å². The molecule has 10 nitrogen and oxygen atoms in total. The van der Waals surface area contributed by atoms with Gasteiger partial charge in [-0.05, 0) is 52.2 Å². The normalized spacial score (nSPS) is 18.3. The van der Waals surface area contributed by atoms with Gasteiger partial charge in [-0.2, -0.15) is 0 Å². The van der Waals surface area contributed by atoms with Crippen LogP contribution in [0.1, 0.15) is 67.2 Å². The standard InChI is InChI=1S/C23H30N4O6/c1-23(2,3)33-13-18(29)25-12-5-4-11-24-15-8-6-7-14-19(15)22(32)27(21(14)31)16-9-10-17(28)26-20(16)30/h6-8,16,24H,4-5,9-13H2,1-3H3,(H,25,29)(H,26,28,30). The number of nitrogens with one attached hydrogen (secondary N) is 3. The molecule has 1 saturated heterocycles. The second-order valence-electron chi connectivity index (χ2n) is 9.06. The van der Waals surface area contributed by atoms with Crippen molar-refractivity contribution in [3.05, 3.63) is 29.3 Å². The molecule has 0 spiro atoms. The maximum Gasteiger partial charge on any atom is 0.264 e. The highest BCUT2D eigenvalue weighted by Crippen LogP contribution is 2.32. The Bertz CT molecular complexity index is 968. The van der Waals surface area contributed by atoms with Crippen molar-refractivity contribution in [3.8, 4) is 0 Å². The molecular formula is C23H30N4O6. The first kappa shape index (κ1) is 24.4. The van der Waals surface area contributed by atoms with Crippen LogP contribution in [0.4, 0.5) is 5.69 Å². The fraction of sp³-hybridized carbons (Fsp3) is 0.522. The van der Waals surface area contributed by atoms with E-state index in [4.69, 9.17) is 4.74 Å². The number of carbonyl (C=O) groups excluding carboxylic acids is 5. The highest BCUT2D eigenvalue weighted by molar-refractivity contribution is 6.25. The van der Waals surface area contributed by atoms with E-state index in [1.54, 1.807) is 18.2 Å². The molecule has 10 heteroatoms. The Labute approximate surface area is 192 Å². The van der Waals surface area contributed by atoms with E-state index in [9.17, 15) is 24.0 Å². The summed E-state index contributed by atoms with van der Waals surface area (Å²) in [6.07, 6.45) is 1.64. The molecule has 3 rings (SSSR count). The van der Waals surface area contributed by atoms with Gasteiger partial charge in [-0.15, -0.1) is 0 Å². The Morgan fingerprint density at radius 3 is 2.55 bits per heavy atom. The Kier molecular flexibility index (Phi) is 7.47. The maximum absolute atomic E-state index is 13.0. The van der Waals surface area contributed by atoms with Crippen LogP contribution < -0.4 is 16.0 Å². The van der Waals surface area contributed by atoms with Gasteiger partial charge in [0.05, 0.1) is 16.7 Å². The minimum absolute atomic E-state index is 0.0116. The van der Waals surface area contributed by atoms with Crippen LogP contribution in [0.3, 0.4) is 0 Å². The summed E-state index contributed by atoms with van der Waals surface area (Å²) in [6, 6.07) is 3.95. The fourth-order valence-electron chi connectivity index (χ4n) is 3.70. The number of benzene rings is 1. The first-order chi connectivity index (χ1) is 15.6. The molecule has 0 radical (unpaired) electrons. The van der Waals surface area contributed by atoms with Crippen LogP contribution in [0.5, 0.6) is 0 Å². The van der Waals surface area contributed by atoms with Crippen LogP contribution in [0.25, 0.3) is 0 Å². The van der Waals surface area contributed by atoms with Crippen molar-refractivity contribution in [1.29, 1.82) is 0 Å². The van der Waals surface area contributed by atoms with Gasteiger partial charge in [0.2, 0.25) is 17.7 Å². The molecule has 33 heavy (non-hydrogen) atoms. The number of ether oxygens (including phenoxy) is 1. The largest absolute Gasteiger partial charge is 0.384 e. The molecule has 0 bridgehead atoms. The van der Waals surface area contributed by atoms with Gasteiger partial charge < -0.3 is 15.4 Å². The molecule has 1 unspecified atom stereocenters. The molecule has 0 aliphatic carbocycles. The molecule has 1 atom stereocenters. The van der Waals surface area contributed by atoms with E-state index in [2.05, 4.69) is 16.0 Å². The van der Waals surface area contributed by atoms with E-state index in [1.807, 2.05) is 20.8 Å². The molecule has 1 aromatic carbocycles. The summed E-state index contributed by atoms with van der Waals surface area (Å²) in [5, 5.41) is 8.17. The number of rotatable bonds is 9. The molecule has 5 amide bonds. The third kappa shape index (κ3) is 5.95. The predicted octanol–water partition coefficient (Wildman–Crippen LogP) is 1.21. The summed E-state index contributed by atoms with van der Waals surface area (Å²) < 4.78 is 5.42. The van der Waals surface area contributed by atoms with Gasteiger partial charge in [0, 0.05) is 25.2 Å². The van der Waals surface area contributed by atoms with E-state index in [0.29, 0.717) is 18.8 Å². The SMILES string of the molecule is CC(C)(C)OCC(=O)NCCCCNc1cccc2c1C(=O)N(C1CCC(=O)NC1=O)C2=O. The van der Waals surface area contributed by atoms with E-state index < -0.39 is 29.7 Å². The summed E-state index contributed by atoms with van der Waals surface area (Å²) in [6.45, 7) is 6.70. The average molecular weight is 459 g/mol. The average Bonchev–Trinajstić information content (AvgIpc) is 3.00. The number of hydrogen-bond donors (Lipinski definition) is 3. The number of carbonyl (C=O) groups is 5. The summed E-state index contributed by atoms with van der Waals surface area (Å²) >= 11 is 0. The first-order valence-electron chi connectivity index (χ1n) is 11.1. The Morgan fingerprint density at radius 1 is 1.12 bits per heavy atom. The van der Waals surface area contributed by atoms with Crippen LogP contribution in [0, 0.1) is 0 Å². The second kappa shape index (κ2) is 10.1. The summed E-state index contributed by atoms with van der Waals surface area (Å²) in [5.74, 6) is -2.29. The number of fused-ring (bicyclic) bond motifs is 1. The first-order valence-corrected chi connectivity index (χ1v) is 11.1. The quantitative estimate of drug-likeness (QED) is 0.374. The number of anilines is 1. The van der Waals surface area contributed by atoms with E-state index in [1.165, 1.54) is 0 Å². The summed E-state index contributed by atoms with van der Waals surface area (Å²) in [4.78, 5) is 62.2. The molecule has 2 aliphatic heterocycles. The third-order valence-corrected chi connectivity index (χ3v) is 5.35. The van der Waals surface area contributed by atoms with Crippen LogP contribution in [0.2, 0.25) is 0 Å². The lowest BCUT2D eigenvalue weighted by molar-refractivity contribution is -0.136. The molecular weight excluding hydrogens is 428 g/mol. The lowest BCUT2D eigenvalue weighted by atomic mass is 10.0. The number of amides is 5. The lowest BCUT2D eigenvalue weighted by Gasteiger charge is -2.27. The summed E-state index contributed by atoms with van der Waals surface area (Å²) in [5.41, 5.74) is 0.619. The van der Waals surface area contributed by atoms with Gasteiger partial charge in [0.15, 0.2) is 0 Å². The van der Waals surface area contributed by atoms with Gasteiger partial charge in [0.25, 0.3) is 11.8 Å². The molecule has 0 saturated carbocycles. The van der Waals surface area contributed by atoms with Crippen LogP contribution in [-0.2, 0) is 19.1 Å². The topological polar surface area (TPSA) is 134 Å². The van der Waals surface area contributed by atoms with Gasteiger partial charge in [-0.3, -0.25) is 34.2 Å². The zero-order valence-electron chi connectivity index (χ0n) is 19.2. The highest BCUT2D eigenvalue weighted by Gasteiger charge is 2.45. The van der Waals surface area contributed by atoms with Gasteiger partial charge >= 0.3 is 0 Å². The number of unbranched alkanes of at least 4 members (excludes halogenated alkanes) is 1. The number of imide groups is 2. The molecule has 0 aromatic heterocycles. The van der Waals surface area contributed by atoms with Crippen molar-refractivity contribution in [1.82, 2.24) is 15.5 Å². The molecule has 1 aromatic rings. The van der Waals surface area contributed by atoms with E-state index in [-0.39, 0.29) is 42.1 Å². The van der Waals surface area contributed by atoms with Crippen molar-refractivity contribution in [2.24, 2.45) is 0 Å². The van der Waals surface area contributed by atoms with Gasteiger partial charge in [-0.25, -0.2) is 0 Å². The lowest BCUT2D eigenvalue weighted by Crippen LogP contribution is -2.54. The van der Waals surface area contributed by atoms with E-state index in [0.717, 1.165) is 17.7 Å². The molecule has 2 aliphatic rings. The van der Waals surface area contributed by atoms with Gasteiger partial charge in [0.1, 0.15) is 12.6 Å². The van der Waals surface area contributed by atoms with E-state index >= 15 is 0 Å². The second-order valence-corrected chi connectivity index (χ2v) is 9.06. The van der Waals surface area contributed by atoms with Crippen LogP contribution in [0.15, 0.2) is 18.2 Å². The minimum Gasteiger partial charge on any atom is -0.384 e. The predicted molar refractivity (Wildman–Crippen MR) is 120 cm³/mol. The smallest absolute Gasteiger partial charge is 0.264 e. The fourth-order valence-corrected chi connectivity index (χ4v) is 3.70. The molecule has 1 fully saturated rings. The number of piperidine rings is 1. The minimum atomic E-state index is -0.992.